The predicted octanol–water partition coefficient (Wildman–Crippen LogP) is 5.40. The fourth-order valence-electron chi connectivity index (χ4n) is 3.10. The van der Waals surface area contributed by atoms with Crippen molar-refractivity contribution in [2.45, 2.75) is 84.5 Å². The molecule has 1 unspecified atom stereocenters. The zero-order valence-corrected chi connectivity index (χ0v) is 13.3. The average molecular weight is 273 g/mol. The molecule has 116 valence electrons. The van der Waals surface area contributed by atoms with Gasteiger partial charge in [-0.2, -0.15) is 0 Å². The molecule has 1 rings (SSSR count). The Morgan fingerprint density at radius 3 is 1.95 bits per heavy atom. The SMILES string of the molecule is CCCCCCCCCCCN1CCC(CC)C1.F. The van der Waals surface area contributed by atoms with Crippen LogP contribution in [0.15, 0.2) is 0 Å². The summed E-state index contributed by atoms with van der Waals surface area (Å²) in [4.78, 5) is 2.69. The van der Waals surface area contributed by atoms with Gasteiger partial charge in [-0.3, -0.25) is 4.70 Å². The van der Waals surface area contributed by atoms with E-state index >= 15 is 0 Å². The van der Waals surface area contributed by atoms with Crippen LogP contribution in [0.25, 0.3) is 0 Å². The lowest BCUT2D eigenvalue weighted by Crippen LogP contribution is -2.21. The van der Waals surface area contributed by atoms with Crippen LogP contribution in [0, 0.1) is 5.92 Å². The third-order valence-corrected chi connectivity index (χ3v) is 4.53. The Bertz CT molecular complexity index is 184. The van der Waals surface area contributed by atoms with Gasteiger partial charge in [-0.25, -0.2) is 0 Å². The summed E-state index contributed by atoms with van der Waals surface area (Å²) in [5.41, 5.74) is 0. The number of unbranched alkanes of at least 4 members (excludes halogenated alkanes) is 8. The molecule has 1 atom stereocenters. The first-order chi connectivity index (χ1) is 8.86. The lowest BCUT2D eigenvalue weighted by molar-refractivity contribution is 0.313. The quantitative estimate of drug-likeness (QED) is 0.455. The predicted molar refractivity (Wildman–Crippen MR) is 84.6 cm³/mol. The molecule has 0 bridgehead atoms. The third kappa shape index (κ3) is 9.43. The number of rotatable bonds is 11. The van der Waals surface area contributed by atoms with Gasteiger partial charge in [0, 0.05) is 6.54 Å². The molecule has 0 spiro atoms. The summed E-state index contributed by atoms with van der Waals surface area (Å²) in [6.45, 7) is 8.75. The van der Waals surface area contributed by atoms with E-state index in [9.17, 15) is 0 Å². The fraction of sp³-hybridized carbons (Fsp3) is 1.00. The van der Waals surface area contributed by atoms with Gasteiger partial charge in [-0.05, 0) is 31.8 Å². The molecule has 19 heavy (non-hydrogen) atoms. The number of halogens is 1. The summed E-state index contributed by atoms with van der Waals surface area (Å²) in [6.07, 6.45) is 15.9. The van der Waals surface area contributed by atoms with Gasteiger partial charge < -0.3 is 4.90 Å². The van der Waals surface area contributed by atoms with Crippen LogP contribution in [0.1, 0.15) is 84.5 Å². The monoisotopic (exact) mass is 273 g/mol. The molecule has 1 heterocycles. The van der Waals surface area contributed by atoms with Crippen LogP contribution >= 0.6 is 0 Å². The smallest absolute Gasteiger partial charge is 0.00100 e. The van der Waals surface area contributed by atoms with E-state index in [4.69, 9.17) is 0 Å². The van der Waals surface area contributed by atoms with Gasteiger partial charge in [0.2, 0.25) is 0 Å². The van der Waals surface area contributed by atoms with Crippen molar-refractivity contribution in [3.63, 3.8) is 0 Å². The Balaban J connectivity index is 0.00000324. The van der Waals surface area contributed by atoms with Crippen molar-refractivity contribution in [2.24, 2.45) is 5.92 Å². The summed E-state index contributed by atoms with van der Waals surface area (Å²) in [7, 11) is 0. The maximum Gasteiger partial charge on any atom is 0.00100 e. The summed E-state index contributed by atoms with van der Waals surface area (Å²) >= 11 is 0. The second-order valence-corrected chi connectivity index (χ2v) is 6.19. The highest BCUT2D eigenvalue weighted by Crippen LogP contribution is 2.19. The molecular weight excluding hydrogens is 237 g/mol. The van der Waals surface area contributed by atoms with Gasteiger partial charge in [0.15, 0.2) is 0 Å². The Morgan fingerprint density at radius 1 is 0.842 bits per heavy atom. The first-order valence-electron chi connectivity index (χ1n) is 8.59. The van der Waals surface area contributed by atoms with Gasteiger partial charge in [-0.15, -0.1) is 0 Å². The van der Waals surface area contributed by atoms with E-state index in [1.807, 2.05) is 0 Å². The van der Waals surface area contributed by atoms with Crippen molar-refractivity contribution in [1.82, 2.24) is 4.90 Å². The van der Waals surface area contributed by atoms with Gasteiger partial charge in [0.25, 0.3) is 0 Å². The molecule has 0 radical (unpaired) electrons. The number of nitrogens with zero attached hydrogens (tertiary/aromatic N) is 1. The molecule has 0 saturated carbocycles. The second-order valence-electron chi connectivity index (χ2n) is 6.19. The molecule has 0 aromatic heterocycles. The van der Waals surface area contributed by atoms with Gasteiger partial charge in [0.05, 0.1) is 0 Å². The van der Waals surface area contributed by atoms with Gasteiger partial charge >= 0.3 is 0 Å². The summed E-state index contributed by atoms with van der Waals surface area (Å²) in [5.74, 6) is 1.00. The molecule has 1 aliphatic rings. The van der Waals surface area contributed by atoms with E-state index in [-0.39, 0.29) is 4.70 Å². The summed E-state index contributed by atoms with van der Waals surface area (Å²) in [5, 5.41) is 0. The minimum atomic E-state index is 0. The second kappa shape index (κ2) is 12.9. The van der Waals surface area contributed by atoms with E-state index in [0.29, 0.717) is 0 Å². The number of hydrogen-bond donors (Lipinski definition) is 0. The van der Waals surface area contributed by atoms with Crippen LogP contribution < -0.4 is 0 Å². The van der Waals surface area contributed by atoms with Crippen LogP contribution in [0.4, 0.5) is 4.70 Å². The van der Waals surface area contributed by atoms with Crippen LogP contribution in [0.2, 0.25) is 0 Å². The maximum absolute atomic E-state index is 2.69. The van der Waals surface area contributed by atoms with Crippen molar-refractivity contribution in [2.75, 3.05) is 19.6 Å². The molecule has 1 fully saturated rings. The van der Waals surface area contributed by atoms with E-state index in [0.717, 1.165) is 5.92 Å². The highest BCUT2D eigenvalue weighted by Gasteiger charge is 2.19. The Labute approximate surface area is 120 Å². The van der Waals surface area contributed by atoms with Crippen molar-refractivity contribution in [3.05, 3.63) is 0 Å². The van der Waals surface area contributed by atoms with E-state index in [2.05, 4.69) is 18.7 Å². The minimum Gasteiger partial charge on any atom is -0.303 e. The van der Waals surface area contributed by atoms with Crippen LogP contribution in [0.3, 0.4) is 0 Å². The first-order valence-corrected chi connectivity index (χ1v) is 8.59. The molecule has 2 heteroatoms. The third-order valence-electron chi connectivity index (χ3n) is 4.53. The van der Waals surface area contributed by atoms with Crippen molar-refractivity contribution in [3.8, 4) is 0 Å². The Morgan fingerprint density at radius 2 is 1.42 bits per heavy atom. The average Bonchev–Trinajstić information content (AvgIpc) is 2.85. The van der Waals surface area contributed by atoms with E-state index in [1.165, 1.54) is 90.3 Å². The fourth-order valence-corrected chi connectivity index (χ4v) is 3.10. The molecule has 1 aliphatic heterocycles. The normalized spacial score (nSPS) is 19.6. The summed E-state index contributed by atoms with van der Waals surface area (Å²) in [6, 6.07) is 0. The first kappa shape index (κ1) is 18.9. The zero-order chi connectivity index (χ0) is 13.1. The van der Waals surface area contributed by atoms with E-state index in [1.54, 1.807) is 0 Å². The van der Waals surface area contributed by atoms with Crippen LogP contribution in [-0.2, 0) is 0 Å². The molecular formula is C17H36FN. The van der Waals surface area contributed by atoms with Crippen molar-refractivity contribution < 1.29 is 4.70 Å². The van der Waals surface area contributed by atoms with Crippen molar-refractivity contribution >= 4 is 0 Å². The number of likely N-dealkylation sites (tertiary alicyclic amines) is 1. The molecule has 0 aliphatic carbocycles. The standard InChI is InChI=1S/C17H35N.FH/c1-3-5-6-7-8-9-10-11-12-14-18-15-13-17(4-2)16-18;/h17H,3-16H2,1-2H3;1H. The summed E-state index contributed by atoms with van der Waals surface area (Å²) < 4.78 is 0. The molecule has 1 nitrogen and oxygen atoms in total. The zero-order valence-electron chi connectivity index (χ0n) is 13.3. The topological polar surface area (TPSA) is 3.24 Å². The maximum atomic E-state index is 2.69. The van der Waals surface area contributed by atoms with E-state index < -0.39 is 0 Å². The molecule has 0 aromatic rings. The number of hydrogen-bond acceptors (Lipinski definition) is 1. The molecule has 0 amide bonds. The van der Waals surface area contributed by atoms with Crippen LogP contribution in [-0.4, -0.2) is 24.5 Å². The van der Waals surface area contributed by atoms with Crippen LogP contribution in [0.5, 0.6) is 0 Å². The molecule has 1 saturated heterocycles. The van der Waals surface area contributed by atoms with Gasteiger partial charge in [-0.1, -0.05) is 71.6 Å². The Hall–Kier alpha value is -0.110. The van der Waals surface area contributed by atoms with Gasteiger partial charge in [0.1, 0.15) is 0 Å². The largest absolute Gasteiger partial charge is 0.303 e. The highest BCUT2D eigenvalue weighted by molar-refractivity contribution is 4.74. The lowest BCUT2D eigenvalue weighted by atomic mass is 10.1. The molecule has 0 aromatic carbocycles. The van der Waals surface area contributed by atoms with Crippen molar-refractivity contribution in [1.29, 1.82) is 0 Å². The Kier molecular flexibility index (Phi) is 12.8. The highest BCUT2D eigenvalue weighted by atomic mass is 19.0. The minimum absolute atomic E-state index is 0. The molecule has 0 N–H and O–H groups in total. The lowest BCUT2D eigenvalue weighted by Gasteiger charge is -2.15.